The van der Waals surface area contributed by atoms with Crippen LogP contribution in [0.1, 0.15) is 16.5 Å². The molecule has 1 atom stereocenters. The quantitative estimate of drug-likeness (QED) is 0.649. The van der Waals surface area contributed by atoms with E-state index in [9.17, 15) is 0 Å². The Morgan fingerprint density at radius 3 is 2.78 bits per heavy atom. The van der Waals surface area contributed by atoms with E-state index in [2.05, 4.69) is 27.4 Å². The van der Waals surface area contributed by atoms with Gasteiger partial charge >= 0.3 is 0 Å². The molecule has 0 saturated heterocycles. The molecule has 0 radical (unpaired) electrons. The van der Waals surface area contributed by atoms with Crippen LogP contribution in [0.4, 0.5) is 0 Å². The van der Waals surface area contributed by atoms with Crippen molar-refractivity contribution in [3.05, 3.63) is 55.0 Å². The van der Waals surface area contributed by atoms with Crippen molar-refractivity contribution in [2.45, 2.75) is 6.04 Å². The largest absolute Gasteiger partial charge is 0.320 e. The Balaban J connectivity index is 2.16. The van der Waals surface area contributed by atoms with Crippen LogP contribution in [0.2, 0.25) is 5.02 Å². The Labute approximate surface area is 126 Å². The molecule has 18 heavy (non-hydrogen) atoms. The number of fused-ring (bicyclic) bond motifs is 1. The molecule has 2 heterocycles. The van der Waals surface area contributed by atoms with E-state index in [1.54, 1.807) is 22.7 Å². The normalized spacial score (nSPS) is 13.1. The lowest BCUT2D eigenvalue weighted by Crippen LogP contribution is -2.09. The summed E-state index contributed by atoms with van der Waals surface area (Å²) in [5, 5.41) is 6.05. The maximum absolute atomic E-state index is 6.34. The molecule has 0 bridgehead atoms. The van der Waals surface area contributed by atoms with E-state index in [-0.39, 0.29) is 6.04 Å². The van der Waals surface area contributed by atoms with Gasteiger partial charge < -0.3 is 5.73 Å². The second-order valence-electron chi connectivity index (χ2n) is 3.92. The molecule has 0 amide bonds. The lowest BCUT2D eigenvalue weighted by atomic mass is 10.1. The average molecular weight is 359 g/mol. The van der Waals surface area contributed by atoms with Crippen LogP contribution in [0.5, 0.6) is 0 Å². The molecule has 1 unspecified atom stereocenters. The van der Waals surface area contributed by atoms with Crippen LogP contribution in [-0.4, -0.2) is 0 Å². The topological polar surface area (TPSA) is 26.0 Å². The van der Waals surface area contributed by atoms with Crippen molar-refractivity contribution in [2.75, 3.05) is 0 Å². The Hall–Kier alpha value is -0.390. The van der Waals surface area contributed by atoms with Crippen LogP contribution < -0.4 is 5.73 Å². The summed E-state index contributed by atoms with van der Waals surface area (Å²) in [5.74, 6) is 0. The number of halogens is 2. The number of benzene rings is 1. The Kier molecular flexibility index (Phi) is 3.47. The summed E-state index contributed by atoms with van der Waals surface area (Å²) in [6, 6.07) is 7.93. The van der Waals surface area contributed by atoms with Crippen molar-refractivity contribution in [2.24, 2.45) is 5.73 Å². The van der Waals surface area contributed by atoms with Gasteiger partial charge in [-0.25, -0.2) is 0 Å². The fourth-order valence-corrected chi connectivity index (χ4v) is 4.80. The molecule has 3 aromatic rings. The summed E-state index contributed by atoms with van der Waals surface area (Å²) in [5.41, 5.74) is 7.48. The highest BCUT2D eigenvalue weighted by atomic mass is 79.9. The van der Waals surface area contributed by atoms with Gasteiger partial charge in [0.2, 0.25) is 0 Å². The van der Waals surface area contributed by atoms with Crippen molar-refractivity contribution in [3.8, 4) is 0 Å². The van der Waals surface area contributed by atoms with Gasteiger partial charge in [0, 0.05) is 14.0 Å². The Morgan fingerprint density at radius 2 is 2.06 bits per heavy atom. The third kappa shape index (κ3) is 2.02. The van der Waals surface area contributed by atoms with Crippen LogP contribution in [0.15, 0.2) is 39.5 Å². The highest BCUT2D eigenvalue weighted by Crippen LogP contribution is 2.39. The van der Waals surface area contributed by atoms with Crippen LogP contribution in [0, 0.1) is 0 Å². The van der Waals surface area contributed by atoms with E-state index in [1.165, 1.54) is 10.1 Å². The van der Waals surface area contributed by atoms with E-state index in [0.29, 0.717) is 0 Å². The molecule has 3 rings (SSSR count). The maximum Gasteiger partial charge on any atom is 0.0675 e. The zero-order chi connectivity index (χ0) is 12.7. The zero-order valence-corrected chi connectivity index (χ0v) is 13.2. The molecule has 0 fully saturated rings. The van der Waals surface area contributed by atoms with Gasteiger partial charge in [0.15, 0.2) is 0 Å². The van der Waals surface area contributed by atoms with Gasteiger partial charge in [0.05, 0.1) is 11.1 Å². The third-order valence-corrected chi connectivity index (χ3v) is 6.26. The molecule has 1 aromatic carbocycles. The number of rotatable bonds is 2. The van der Waals surface area contributed by atoms with Gasteiger partial charge in [0.1, 0.15) is 0 Å². The first-order chi connectivity index (χ1) is 8.68. The molecule has 5 heteroatoms. The SMILES string of the molecule is NC(c1sccc1Cl)c1csc2c(Br)cccc12. The van der Waals surface area contributed by atoms with E-state index < -0.39 is 0 Å². The van der Waals surface area contributed by atoms with Crippen LogP contribution in [-0.2, 0) is 0 Å². The summed E-state index contributed by atoms with van der Waals surface area (Å²) in [7, 11) is 0. The highest BCUT2D eigenvalue weighted by Gasteiger charge is 2.18. The zero-order valence-electron chi connectivity index (χ0n) is 9.19. The molecule has 2 aromatic heterocycles. The number of hydrogen-bond acceptors (Lipinski definition) is 3. The summed E-state index contributed by atoms with van der Waals surface area (Å²) in [4.78, 5) is 1.02. The minimum Gasteiger partial charge on any atom is -0.320 e. The minimum atomic E-state index is -0.152. The lowest BCUT2D eigenvalue weighted by Gasteiger charge is -2.09. The first-order valence-corrected chi connectivity index (χ1v) is 8.25. The minimum absolute atomic E-state index is 0.152. The number of hydrogen-bond donors (Lipinski definition) is 1. The molecule has 0 aliphatic heterocycles. The fraction of sp³-hybridized carbons (Fsp3) is 0.0769. The lowest BCUT2D eigenvalue weighted by molar-refractivity contribution is 0.908. The fourth-order valence-electron chi connectivity index (χ4n) is 1.95. The second-order valence-corrected chi connectivity index (χ2v) is 7.01. The van der Waals surface area contributed by atoms with Crippen LogP contribution >= 0.6 is 50.2 Å². The first kappa shape index (κ1) is 12.6. The van der Waals surface area contributed by atoms with Crippen molar-refractivity contribution in [3.63, 3.8) is 0 Å². The van der Waals surface area contributed by atoms with Gasteiger partial charge in [-0.15, -0.1) is 22.7 Å². The number of thiophene rings is 2. The van der Waals surface area contributed by atoms with E-state index in [1.807, 2.05) is 23.6 Å². The molecular formula is C13H9BrClNS2. The predicted octanol–water partition coefficient (Wildman–Crippen LogP) is 5.43. The van der Waals surface area contributed by atoms with E-state index in [0.717, 1.165) is 19.9 Å². The summed E-state index contributed by atoms with van der Waals surface area (Å²) >= 11 is 13.0. The predicted molar refractivity (Wildman–Crippen MR) is 84.9 cm³/mol. The average Bonchev–Trinajstić information content (AvgIpc) is 2.95. The van der Waals surface area contributed by atoms with Crippen LogP contribution in [0.3, 0.4) is 0 Å². The number of nitrogens with two attached hydrogens (primary N) is 1. The summed E-state index contributed by atoms with van der Waals surface area (Å²) in [6.45, 7) is 0. The molecule has 1 nitrogen and oxygen atoms in total. The van der Waals surface area contributed by atoms with E-state index in [4.69, 9.17) is 17.3 Å². The first-order valence-electron chi connectivity index (χ1n) is 5.32. The second kappa shape index (κ2) is 4.94. The molecule has 0 aliphatic rings. The molecule has 0 saturated carbocycles. The van der Waals surface area contributed by atoms with Crippen molar-refractivity contribution >= 4 is 60.3 Å². The molecule has 0 spiro atoms. The molecule has 92 valence electrons. The monoisotopic (exact) mass is 357 g/mol. The Bertz CT molecular complexity index is 704. The smallest absolute Gasteiger partial charge is 0.0675 e. The molecule has 2 N–H and O–H groups in total. The summed E-state index contributed by atoms with van der Waals surface area (Å²) < 4.78 is 2.34. The van der Waals surface area contributed by atoms with Gasteiger partial charge in [-0.1, -0.05) is 23.7 Å². The maximum atomic E-state index is 6.34. The Morgan fingerprint density at radius 1 is 1.22 bits per heavy atom. The van der Waals surface area contributed by atoms with Gasteiger partial charge in [0.25, 0.3) is 0 Å². The van der Waals surface area contributed by atoms with Crippen molar-refractivity contribution in [1.82, 2.24) is 0 Å². The van der Waals surface area contributed by atoms with Gasteiger partial charge in [-0.3, -0.25) is 0 Å². The van der Waals surface area contributed by atoms with Crippen LogP contribution in [0.25, 0.3) is 10.1 Å². The van der Waals surface area contributed by atoms with E-state index >= 15 is 0 Å². The molecular weight excluding hydrogens is 350 g/mol. The third-order valence-electron chi connectivity index (χ3n) is 2.84. The highest BCUT2D eigenvalue weighted by molar-refractivity contribution is 9.10. The van der Waals surface area contributed by atoms with Gasteiger partial charge in [-0.05, 0) is 49.8 Å². The van der Waals surface area contributed by atoms with Crippen molar-refractivity contribution in [1.29, 1.82) is 0 Å². The standard InChI is InChI=1S/C13H9BrClNS2/c14-9-3-1-2-7-8(6-18-12(7)9)11(16)13-10(15)4-5-17-13/h1-6,11H,16H2. The van der Waals surface area contributed by atoms with Crippen molar-refractivity contribution < 1.29 is 0 Å². The van der Waals surface area contributed by atoms with Gasteiger partial charge in [-0.2, -0.15) is 0 Å². The summed E-state index contributed by atoms with van der Waals surface area (Å²) in [6.07, 6.45) is 0. The molecule has 0 aliphatic carbocycles.